The topological polar surface area (TPSA) is 363 Å². The number of ketones is 1. The monoisotopic (exact) mass is 1230 g/mol. The predicted molar refractivity (Wildman–Crippen MR) is 319 cm³/mol. The smallest absolute Gasteiger partial charge is 0.407 e. The lowest BCUT2D eigenvalue weighted by molar-refractivity contribution is -0.151. The van der Waals surface area contributed by atoms with E-state index in [9.17, 15) is 46.8 Å². The van der Waals surface area contributed by atoms with Gasteiger partial charge in [0.15, 0.2) is 5.78 Å². The number of aryl methyl sites for hydroxylation is 1. The Kier molecular flexibility index (Phi) is 25.3. The summed E-state index contributed by atoms with van der Waals surface area (Å²) in [6.45, 7) is 6.55. The number of urea groups is 1. The minimum Gasteiger partial charge on any atom is -0.462 e. The number of rotatable bonds is 36. The second kappa shape index (κ2) is 33.0. The van der Waals surface area contributed by atoms with Gasteiger partial charge in [-0.05, 0) is 92.2 Å². The first kappa shape index (κ1) is 66.9. The van der Waals surface area contributed by atoms with Crippen LogP contribution in [0.4, 0.5) is 21.1 Å². The van der Waals surface area contributed by atoms with E-state index >= 15 is 0 Å². The number of carbonyl (C=O) groups excluding carboxylic acids is 8. The number of imide groups is 1. The van der Waals surface area contributed by atoms with Gasteiger partial charge >= 0.3 is 28.4 Å². The maximum absolute atomic E-state index is 13.7. The molecule has 1 unspecified atom stereocenters. The normalized spacial score (nSPS) is 19.0. The largest absolute Gasteiger partial charge is 0.462 e. The third-order valence-electron chi connectivity index (χ3n) is 15.8. The number of anilines is 2. The first-order valence-electron chi connectivity index (χ1n) is 29.9. The number of primary amides is 1. The average molecular weight is 1230 g/mol. The number of benzene rings is 2. The summed E-state index contributed by atoms with van der Waals surface area (Å²) in [6, 6.07) is 15.3. The van der Waals surface area contributed by atoms with Crippen molar-refractivity contribution in [1.82, 2.24) is 35.4 Å². The Balaban J connectivity index is 0.755. The number of nitrogens with one attached hydrogen (secondary N) is 5. The third kappa shape index (κ3) is 20.8. The molecule has 0 spiro atoms. The fourth-order valence-electron chi connectivity index (χ4n) is 11.2. The lowest BCUT2D eigenvalue weighted by Gasteiger charge is -2.24. The minimum atomic E-state index is -4.24. The number of amides is 7. The van der Waals surface area contributed by atoms with E-state index in [2.05, 4.69) is 48.7 Å². The third-order valence-corrected chi connectivity index (χ3v) is 16.2. The van der Waals surface area contributed by atoms with Crippen molar-refractivity contribution >= 4 is 80.3 Å². The fourth-order valence-corrected chi connectivity index (χ4v) is 11.6. The number of esters is 1. The Morgan fingerprint density at radius 2 is 1.62 bits per heavy atom. The number of nitrogens with zero attached hydrogens (tertiary/aromatic N) is 4. The molecule has 87 heavy (non-hydrogen) atoms. The summed E-state index contributed by atoms with van der Waals surface area (Å²) in [5.41, 5.74) is 9.55. The molecule has 4 aromatic rings. The number of hydrogen-bond acceptors (Lipinski definition) is 18. The molecule has 27 heteroatoms. The van der Waals surface area contributed by atoms with E-state index in [1.807, 2.05) is 29.0 Å². The van der Waals surface area contributed by atoms with E-state index < -0.39 is 58.3 Å². The highest BCUT2D eigenvalue weighted by molar-refractivity contribution is 7.84. The van der Waals surface area contributed by atoms with E-state index in [4.69, 9.17) is 34.0 Å². The first-order valence-corrected chi connectivity index (χ1v) is 31.4. The molecule has 1 aliphatic heterocycles. The molecule has 2 aromatic carbocycles. The van der Waals surface area contributed by atoms with Crippen LogP contribution in [0.25, 0.3) is 11.0 Å². The molecule has 3 heterocycles. The van der Waals surface area contributed by atoms with Crippen molar-refractivity contribution in [3.8, 4) is 0 Å². The van der Waals surface area contributed by atoms with Gasteiger partial charge in [-0.3, -0.25) is 37.9 Å². The van der Waals surface area contributed by atoms with E-state index in [1.54, 1.807) is 45.0 Å². The number of ether oxygens (including phenoxy) is 4. The first-order chi connectivity index (χ1) is 41.7. The molecule has 1 saturated heterocycles. The summed E-state index contributed by atoms with van der Waals surface area (Å²) in [4.78, 5) is 112. The van der Waals surface area contributed by atoms with Gasteiger partial charge in [0, 0.05) is 94.0 Å². The maximum Gasteiger partial charge on any atom is 0.407 e. The van der Waals surface area contributed by atoms with Gasteiger partial charge in [-0.1, -0.05) is 63.6 Å². The van der Waals surface area contributed by atoms with Gasteiger partial charge < -0.3 is 55.8 Å². The zero-order valence-electron chi connectivity index (χ0n) is 49.7. The van der Waals surface area contributed by atoms with Crippen molar-refractivity contribution in [2.45, 2.75) is 141 Å². The number of carbonyl (C=O) groups is 8. The highest BCUT2D eigenvalue weighted by atomic mass is 32.2. The van der Waals surface area contributed by atoms with Crippen LogP contribution in [0.15, 0.2) is 67.1 Å². The number of aromatic nitrogens is 3. The zero-order valence-corrected chi connectivity index (χ0v) is 50.5. The zero-order chi connectivity index (χ0) is 62.5. The van der Waals surface area contributed by atoms with Gasteiger partial charge in [0.25, 0.3) is 0 Å². The van der Waals surface area contributed by atoms with Crippen LogP contribution < -0.4 is 37.5 Å². The summed E-state index contributed by atoms with van der Waals surface area (Å²) in [5, 5.41) is 20.4. The van der Waals surface area contributed by atoms with Crippen LogP contribution in [0.2, 0.25) is 0 Å². The number of unbranched alkanes of at least 4 members (excludes halogenated alkanes) is 2. The van der Waals surface area contributed by atoms with Gasteiger partial charge in [-0.2, -0.15) is 8.42 Å². The van der Waals surface area contributed by atoms with E-state index in [0.29, 0.717) is 74.2 Å². The number of likely N-dealkylation sites (tertiary alicyclic amines) is 1. The molecule has 7 atom stereocenters. The van der Waals surface area contributed by atoms with Crippen LogP contribution in [0.5, 0.6) is 0 Å². The Morgan fingerprint density at radius 3 is 2.36 bits per heavy atom. The van der Waals surface area contributed by atoms with E-state index in [0.717, 1.165) is 18.2 Å². The van der Waals surface area contributed by atoms with Crippen molar-refractivity contribution in [1.29, 1.82) is 0 Å². The number of nitrogens with two attached hydrogens (primary N) is 2. The van der Waals surface area contributed by atoms with Crippen molar-refractivity contribution in [2.75, 3.05) is 63.3 Å². The SMILES string of the molecule is CC1CC(=O)N(CCCCCC(=O)N[C@@H](C(=O)C[C@H](CCCNC(N)=O)C(=O)Nc2ccc(COC(=O)NCCOCCOCCCC(=O)O[C@H]3C[C@H](n4ccc5c(N[C@H]6CCc7ccccc76)ncnc54)C[C@H]3COS(N)(=O)=O)cc2)C(C)C)C1=O. The van der Waals surface area contributed by atoms with E-state index in [1.165, 1.54) is 22.4 Å². The average Bonchev–Trinajstić information content (AvgIpc) is 2.33. The molecule has 2 fully saturated rings. The predicted octanol–water partition coefficient (Wildman–Crippen LogP) is 5.41. The number of alkyl carbamates (subject to hydrolysis) is 1. The molecule has 3 aliphatic rings. The maximum atomic E-state index is 13.7. The fraction of sp³-hybridized carbons (Fsp3) is 0.567. The molecule has 7 rings (SSSR count). The molecule has 0 radical (unpaired) electrons. The van der Waals surface area contributed by atoms with Gasteiger partial charge in [0.1, 0.15) is 30.5 Å². The molecule has 7 amide bonds. The van der Waals surface area contributed by atoms with Crippen LogP contribution in [-0.2, 0) is 75.2 Å². The highest BCUT2D eigenvalue weighted by Gasteiger charge is 2.40. The van der Waals surface area contributed by atoms with Crippen molar-refractivity contribution in [2.24, 2.45) is 34.5 Å². The molecule has 0 bridgehead atoms. The highest BCUT2D eigenvalue weighted by Crippen LogP contribution is 2.41. The molecule has 474 valence electrons. The Hall–Kier alpha value is -7.59. The van der Waals surface area contributed by atoms with Crippen molar-refractivity contribution in [3.05, 3.63) is 83.8 Å². The summed E-state index contributed by atoms with van der Waals surface area (Å²) in [7, 11) is -4.24. The van der Waals surface area contributed by atoms with Gasteiger partial charge in [0.05, 0.1) is 43.9 Å². The summed E-state index contributed by atoms with van der Waals surface area (Å²) in [5.74, 6) is -3.03. The molecular formula is C60H83N11O15S. The second-order valence-corrected chi connectivity index (χ2v) is 23.9. The lowest BCUT2D eigenvalue weighted by Crippen LogP contribution is -2.45. The summed E-state index contributed by atoms with van der Waals surface area (Å²) < 4.78 is 53.0. The molecular weight excluding hydrogens is 1150 g/mol. The van der Waals surface area contributed by atoms with Gasteiger partial charge in [0.2, 0.25) is 23.6 Å². The molecule has 2 aliphatic carbocycles. The van der Waals surface area contributed by atoms with Gasteiger partial charge in [-0.15, -0.1) is 0 Å². The minimum absolute atomic E-state index is 0.0611. The van der Waals surface area contributed by atoms with Gasteiger partial charge in [-0.25, -0.2) is 24.7 Å². The van der Waals surface area contributed by atoms with Crippen LogP contribution in [-0.4, -0.2) is 140 Å². The molecule has 26 nitrogen and oxygen atoms in total. The molecule has 2 aromatic heterocycles. The number of Topliss-reactive ketones (excluding diaryl/α,β-unsaturated/α-hetero) is 1. The quantitative estimate of drug-likeness (QED) is 0.0170. The van der Waals surface area contributed by atoms with Crippen LogP contribution in [0, 0.1) is 23.7 Å². The summed E-state index contributed by atoms with van der Waals surface area (Å²) >= 11 is 0. The van der Waals surface area contributed by atoms with E-state index in [-0.39, 0.29) is 132 Å². The van der Waals surface area contributed by atoms with Crippen LogP contribution >= 0.6 is 0 Å². The molecule has 1 saturated carbocycles. The van der Waals surface area contributed by atoms with Crippen molar-refractivity contribution < 1.29 is 69.9 Å². The van der Waals surface area contributed by atoms with Crippen molar-refractivity contribution in [3.63, 3.8) is 0 Å². The molecule has 9 N–H and O–H groups in total. The Labute approximate surface area is 506 Å². The Bertz CT molecular complexity index is 3130. The standard InChI is InChI=1S/C60H83N11O15S/c1-38(2)54(69-51(73)14-5-4-8-25-71-52(74)31-39(3)58(71)77)49(72)33-42(12-9-23-63-59(61)78)57(76)67-44-19-16-40(17-20-44)35-84-60(79)64-24-28-83-30-29-82-27-10-15-53(75)86-50-34-45(32-43(50)36-85-87(62,80)81)70-26-22-47-55(65-37-66-56(47)70)68-48-21-18-41-11-6-7-13-46(41)48/h6-7,11,13,16-17,19-20,22,26,37-39,42-43,45,48,50,54H,4-5,8-10,12,14-15,18,21,23-25,27-36H2,1-3H3,(H,64,79)(H,67,76)(H,69,73)(H3,61,63,78)(H2,62,80,81)(H,65,66,68)/t39?,42-,43-,45+,48-,50-,54+/m0/s1. The Morgan fingerprint density at radius 1 is 0.851 bits per heavy atom. The number of fused-ring (bicyclic) bond motifs is 2. The number of hydrogen-bond donors (Lipinski definition) is 7. The summed E-state index contributed by atoms with van der Waals surface area (Å²) in [6.07, 6.45) is 7.77. The van der Waals surface area contributed by atoms with Crippen LogP contribution in [0.1, 0.15) is 133 Å². The lowest BCUT2D eigenvalue weighted by atomic mass is 9.89. The second-order valence-electron chi connectivity index (χ2n) is 22.7. The van der Waals surface area contributed by atoms with Crippen LogP contribution in [0.3, 0.4) is 0 Å².